The van der Waals surface area contributed by atoms with Crippen LogP contribution in [-0.2, 0) is 9.59 Å². The van der Waals surface area contributed by atoms with Gasteiger partial charge < -0.3 is 15.3 Å². The van der Waals surface area contributed by atoms with Crippen LogP contribution in [0.4, 0.5) is 0 Å². The lowest BCUT2D eigenvalue weighted by Gasteiger charge is -2.40. The minimum Gasteiger partial charge on any atom is -0.481 e. The molecule has 0 saturated carbocycles. The third-order valence-electron chi connectivity index (χ3n) is 2.46. The number of amides is 1. The molecule has 0 bridgehead atoms. The molecule has 0 radical (unpaired) electrons. The van der Waals surface area contributed by atoms with Crippen LogP contribution in [-0.4, -0.2) is 47.6 Å². The van der Waals surface area contributed by atoms with Crippen LogP contribution >= 0.6 is 0 Å². The molecule has 5 nitrogen and oxygen atoms in total. The van der Waals surface area contributed by atoms with Crippen LogP contribution < -0.4 is 5.32 Å². The van der Waals surface area contributed by atoms with Gasteiger partial charge in [0, 0.05) is 31.6 Å². The maximum absolute atomic E-state index is 11.5. The van der Waals surface area contributed by atoms with Gasteiger partial charge in [0.2, 0.25) is 5.91 Å². The zero-order valence-corrected chi connectivity index (χ0v) is 9.19. The molecule has 0 aliphatic carbocycles. The highest BCUT2D eigenvalue weighted by atomic mass is 16.4. The van der Waals surface area contributed by atoms with Gasteiger partial charge in [0.15, 0.2) is 0 Å². The first kappa shape index (κ1) is 12.0. The molecule has 0 aromatic carbocycles. The Labute approximate surface area is 89.4 Å². The Kier molecular flexibility index (Phi) is 4.08. The summed E-state index contributed by atoms with van der Waals surface area (Å²) in [6, 6.07) is 0.270. The number of carbonyl (C=O) groups excluding carboxylic acids is 1. The van der Waals surface area contributed by atoms with Gasteiger partial charge in [-0.3, -0.25) is 9.59 Å². The smallest absolute Gasteiger partial charge is 0.304 e. The number of carboxylic acid groups (broad SMARTS) is 1. The van der Waals surface area contributed by atoms with Crippen molar-refractivity contribution >= 4 is 11.9 Å². The summed E-state index contributed by atoms with van der Waals surface area (Å²) in [4.78, 5) is 23.5. The minimum absolute atomic E-state index is 0.0463. The van der Waals surface area contributed by atoms with Crippen molar-refractivity contribution in [3.63, 3.8) is 0 Å². The Morgan fingerprint density at radius 2 is 2.07 bits per heavy atom. The van der Waals surface area contributed by atoms with E-state index in [0.717, 1.165) is 0 Å². The predicted molar refractivity (Wildman–Crippen MR) is 55.5 cm³/mol. The molecule has 86 valence electrons. The van der Waals surface area contributed by atoms with Crippen LogP contribution in [0.15, 0.2) is 0 Å². The van der Waals surface area contributed by atoms with E-state index in [0.29, 0.717) is 19.6 Å². The lowest BCUT2D eigenvalue weighted by molar-refractivity contribution is -0.140. The number of carboxylic acids is 1. The Bertz CT molecular complexity index is 247. The molecule has 1 rings (SSSR count). The van der Waals surface area contributed by atoms with Crippen LogP contribution in [0.5, 0.6) is 0 Å². The van der Waals surface area contributed by atoms with E-state index in [9.17, 15) is 9.59 Å². The Morgan fingerprint density at radius 1 is 1.47 bits per heavy atom. The van der Waals surface area contributed by atoms with Gasteiger partial charge >= 0.3 is 5.97 Å². The Hall–Kier alpha value is -1.10. The average molecular weight is 214 g/mol. The number of aliphatic carboxylic acids is 1. The summed E-state index contributed by atoms with van der Waals surface area (Å²) < 4.78 is 0. The van der Waals surface area contributed by atoms with Gasteiger partial charge in [-0.05, 0) is 0 Å². The number of hydrogen-bond acceptors (Lipinski definition) is 3. The summed E-state index contributed by atoms with van der Waals surface area (Å²) in [6.07, 6.45) is 0.134. The van der Waals surface area contributed by atoms with Crippen LogP contribution in [0.1, 0.15) is 20.3 Å². The number of rotatable bonds is 5. The first-order valence-electron chi connectivity index (χ1n) is 5.24. The van der Waals surface area contributed by atoms with Crippen LogP contribution in [0.2, 0.25) is 0 Å². The van der Waals surface area contributed by atoms with Crippen molar-refractivity contribution in [2.24, 2.45) is 5.92 Å². The molecule has 1 aliphatic rings. The molecule has 0 unspecified atom stereocenters. The maximum Gasteiger partial charge on any atom is 0.304 e. The normalized spacial score (nSPS) is 16.6. The molecule has 15 heavy (non-hydrogen) atoms. The second kappa shape index (κ2) is 5.11. The summed E-state index contributed by atoms with van der Waals surface area (Å²) in [5, 5.41) is 11.5. The zero-order chi connectivity index (χ0) is 11.4. The fourth-order valence-electron chi connectivity index (χ4n) is 1.54. The highest BCUT2D eigenvalue weighted by Crippen LogP contribution is 2.11. The molecule has 1 saturated heterocycles. The van der Waals surface area contributed by atoms with Crippen molar-refractivity contribution in [3.8, 4) is 0 Å². The van der Waals surface area contributed by atoms with Crippen LogP contribution in [0, 0.1) is 5.92 Å². The third-order valence-corrected chi connectivity index (χ3v) is 2.46. The third kappa shape index (κ3) is 3.51. The zero-order valence-electron chi connectivity index (χ0n) is 9.19. The Morgan fingerprint density at radius 3 is 2.53 bits per heavy atom. The first-order chi connectivity index (χ1) is 7.00. The second-order valence-corrected chi connectivity index (χ2v) is 4.19. The standard InChI is InChI=1S/C10H18N2O3/c1-7(2)10(15)12-5-8(6-12)11-4-3-9(13)14/h7-8,11H,3-6H2,1-2H3,(H,13,14). The highest BCUT2D eigenvalue weighted by molar-refractivity contribution is 5.79. The van der Waals surface area contributed by atoms with E-state index in [-0.39, 0.29) is 24.3 Å². The SMILES string of the molecule is CC(C)C(=O)N1CC(NCCC(=O)O)C1. The van der Waals surface area contributed by atoms with E-state index in [1.165, 1.54) is 0 Å². The molecule has 0 spiro atoms. The van der Waals surface area contributed by atoms with Gasteiger partial charge in [0.1, 0.15) is 0 Å². The van der Waals surface area contributed by atoms with E-state index in [2.05, 4.69) is 5.32 Å². The number of hydrogen-bond donors (Lipinski definition) is 2. The average Bonchev–Trinajstić information content (AvgIpc) is 2.07. The number of carbonyl (C=O) groups is 2. The second-order valence-electron chi connectivity index (χ2n) is 4.19. The van der Waals surface area contributed by atoms with Gasteiger partial charge in [-0.25, -0.2) is 0 Å². The van der Waals surface area contributed by atoms with Gasteiger partial charge in [-0.15, -0.1) is 0 Å². The van der Waals surface area contributed by atoms with Gasteiger partial charge in [0.05, 0.1) is 6.42 Å². The summed E-state index contributed by atoms with van der Waals surface area (Å²) in [5.74, 6) is -0.576. The van der Waals surface area contributed by atoms with Gasteiger partial charge in [-0.2, -0.15) is 0 Å². The maximum atomic E-state index is 11.5. The van der Waals surface area contributed by atoms with E-state index >= 15 is 0 Å². The van der Waals surface area contributed by atoms with Gasteiger partial charge in [-0.1, -0.05) is 13.8 Å². The van der Waals surface area contributed by atoms with Crippen molar-refractivity contribution in [2.45, 2.75) is 26.3 Å². The predicted octanol–water partition coefficient (Wildman–Crippen LogP) is -0.0825. The number of likely N-dealkylation sites (tertiary alicyclic amines) is 1. The number of nitrogens with one attached hydrogen (secondary N) is 1. The quantitative estimate of drug-likeness (QED) is 0.671. The van der Waals surface area contributed by atoms with Crippen molar-refractivity contribution in [1.82, 2.24) is 10.2 Å². The fourth-order valence-corrected chi connectivity index (χ4v) is 1.54. The molecule has 0 aromatic rings. The monoisotopic (exact) mass is 214 g/mol. The van der Waals surface area contributed by atoms with E-state index in [1.807, 2.05) is 13.8 Å². The number of nitrogens with zero attached hydrogens (tertiary/aromatic N) is 1. The summed E-state index contributed by atoms with van der Waals surface area (Å²) in [5.41, 5.74) is 0. The van der Waals surface area contributed by atoms with E-state index in [4.69, 9.17) is 5.11 Å². The minimum atomic E-state index is -0.795. The van der Waals surface area contributed by atoms with Crippen LogP contribution in [0.25, 0.3) is 0 Å². The lowest BCUT2D eigenvalue weighted by Crippen LogP contribution is -2.60. The van der Waals surface area contributed by atoms with Crippen molar-refractivity contribution < 1.29 is 14.7 Å². The Balaban J connectivity index is 2.10. The topological polar surface area (TPSA) is 69.6 Å². The lowest BCUT2D eigenvalue weighted by atomic mass is 10.1. The molecule has 2 N–H and O–H groups in total. The van der Waals surface area contributed by atoms with Crippen molar-refractivity contribution in [2.75, 3.05) is 19.6 Å². The van der Waals surface area contributed by atoms with E-state index < -0.39 is 5.97 Å². The highest BCUT2D eigenvalue weighted by Gasteiger charge is 2.30. The van der Waals surface area contributed by atoms with E-state index in [1.54, 1.807) is 4.90 Å². The molecule has 0 aromatic heterocycles. The van der Waals surface area contributed by atoms with Gasteiger partial charge in [0.25, 0.3) is 0 Å². The summed E-state index contributed by atoms with van der Waals surface area (Å²) in [6.45, 7) is 5.65. The summed E-state index contributed by atoms with van der Waals surface area (Å²) in [7, 11) is 0. The summed E-state index contributed by atoms with van der Waals surface area (Å²) >= 11 is 0. The molecule has 1 fully saturated rings. The molecular weight excluding hydrogens is 196 g/mol. The van der Waals surface area contributed by atoms with Crippen molar-refractivity contribution in [1.29, 1.82) is 0 Å². The van der Waals surface area contributed by atoms with Crippen molar-refractivity contribution in [3.05, 3.63) is 0 Å². The molecule has 5 heteroatoms. The molecule has 1 amide bonds. The fraction of sp³-hybridized carbons (Fsp3) is 0.800. The largest absolute Gasteiger partial charge is 0.481 e. The molecule has 1 heterocycles. The molecule has 1 aliphatic heterocycles. The molecule has 0 atom stereocenters. The van der Waals surface area contributed by atoms with Crippen LogP contribution in [0.3, 0.4) is 0 Å². The molecular formula is C10H18N2O3. The first-order valence-corrected chi connectivity index (χ1v) is 5.24.